The number of carbonyl (C=O) groups excluding carboxylic acids is 2. The third-order valence-electron chi connectivity index (χ3n) is 4.16. The van der Waals surface area contributed by atoms with Gasteiger partial charge in [0, 0.05) is 29.5 Å². The Morgan fingerprint density at radius 1 is 1.04 bits per heavy atom. The van der Waals surface area contributed by atoms with Crippen molar-refractivity contribution in [3.63, 3.8) is 0 Å². The molecule has 1 N–H and O–H groups in total. The molecule has 2 amide bonds. The molecular weight excluding hydrogens is 372 g/mol. The van der Waals surface area contributed by atoms with Crippen LogP contribution in [0.5, 0.6) is 0 Å². The Hall–Kier alpha value is -2.93. The van der Waals surface area contributed by atoms with Gasteiger partial charge in [-0.1, -0.05) is 48.2 Å². The predicted octanol–water partition coefficient (Wildman–Crippen LogP) is 3.44. The second-order valence-corrected chi connectivity index (χ2v) is 7.49. The molecule has 3 rings (SSSR count). The van der Waals surface area contributed by atoms with E-state index in [1.165, 1.54) is 16.7 Å². The molecule has 0 aliphatic carbocycles. The molecule has 1 heterocycles. The van der Waals surface area contributed by atoms with Crippen molar-refractivity contribution in [2.24, 2.45) is 0 Å². The normalized spacial score (nSPS) is 10.7. The summed E-state index contributed by atoms with van der Waals surface area (Å²) in [7, 11) is 1.62. The number of rotatable bonds is 6. The molecule has 0 aliphatic rings. The summed E-state index contributed by atoms with van der Waals surface area (Å²) in [5.41, 5.74) is 2.47. The maximum atomic E-state index is 12.4. The smallest absolute Gasteiger partial charge is 0.244 e. The van der Waals surface area contributed by atoms with Crippen molar-refractivity contribution in [2.45, 2.75) is 19.0 Å². The average Bonchev–Trinajstić information content (AvgIpc) is 2.65. The van der Waals surface area contributed by atoms with Gasteiger partial charge in [0.25, 0.3) is 0 Å². The number of aryl methyl sites for hydroxylation is 2. The first-order chi connectivity index (χ1) is 13.4. The van der Waals surface area contributed by atoms with E-state index in [1.54, 1.807) is 7.05 Å². The van der Waals surface area contributed by atoms with Crippen LogP contribution in [0.4, 0.5) is 5.69 Å². The fraction of sp³-hybridized carbons (Fsp3) is 0.238. The van der Waals surface area contributed by atoms with Crippen molar-refractivity contribution in [1.29, 1.82) is 0 Å². The molecule has 144 valence electrons. The number of nitrogens with zero attached hydrogens (tertiary/aromatic N) is 3. The molecule has 0 saturated heterocycles. The van der Waals surface area contributed by atoms with Crippen molar-refractivity contribution in [2.75, 3.05) is 24.7 Å². The maximum absolute atomic E-state index is 12.4. The molecule has 0 radical (unpaired) electrons. The first kappa shape index (κ1) is 19.8. The number of hydrogen-bond acceptors (Lipinski definition) is 5. The molecule has 0 unspecified atom stereocenters. The van der Waals surface area contributed by atoms with Gasteiger partial charge in [-0.25, -0.2) is 9.97 Å². The lowest BCUT2D eigenvalue weighted by Crippen LogP contribution is -2.36. The Morgan fingerprint density at radius 3 is 2.46 bits per heavy atom. The maximum Gasteiger partial charge on any atom is 0.244 e. The van der Waals surface area contributed by atoms with Crippen LogP contribution in [0, 0.1) is 13.8 Å². The van der Waals surface area contributed by atoms with Gasteiger partial charge in [-0.15, -0.1) is 0 Å². The zero-order valence-electron chi connectivity index (χ0n) is 16.1. The van der Waals surface area contributed by atoms with Crippen molar-refractivity contribution >= 4 is 40.0 Å². The second-order valence-electron chi connectivity index (χ2n) is 6.55. The summed E-state index contributed by atoms with van der Waals surface area (Å²) in [4.78, 5) is 34.8. The second kappa shape index (κ2) is 8.84. The number of benzene rings is 2. The molecule has 6 nitrogen and oxygen atoms in total. The van der Waals surface area contributed by atoms with Crippen LogP contribution in [-0.2, 0) is 9.59 Å². The Bertz CT molecular complexity index is 997. The number of thioether (sulfide) groups is 1. The highest BCUT2D eigenvalue weighted by atomic mass is 32.2. The number of carbonyl (C=O) groups is 2. The largest absolute Gasteiger partial charge is 0.336 e. The Labute approximate surface area is 168 Å². The van der Waals surface area contributed by atoms with Crippen LogP contribution in [0.2, 0.25) is 0 Å². The van der Waals surface area contributed by atoms with E-state index in [9.17, 15) is 9.59 Å². The number of anilines is 1. The Morgan fingerprint density at radius 2 is 1.71 bits per heavy atom. The summed E-state index contributed by atoms with van der Waals surface area (Å²) in [5, 5.41) is 5.48. The zero-order valence-corrected chi connectivity index (χ0v) is 16.9. The third-order valence-corrected chi connectivity index (χ3v) is 4.99. The molecule has 2 aromatic carbocycles. The predicted molar refractivity (Wildman–Crippen MR) is 112 cm³/mol. The SMILES string of the molecule is Cc1cc(C)nc(SCC(=O)N(C)CC(=O)Nc2cccc3ccccc23)n1. The van der Waals surface area contributed by atoms with Gasteiger partial charge < -0.3 is 10.2 Å². The van der Waals surface area contributed by atoms with Crippen LogP contribution in [0.25, 0.3) is 10.8 Å². The lowest BCUT2D eigenvalue weighted by atomic mass is 10.1. The van der Waals surface area contributed by atoms with Crippen molar-refractivity contribution < 1.29 is 9.59 Å². The quantitative estimate of drug-likeness (QED) is 0.512. The van der Waals surface area contributed by atoms with Crippen LogP contribution in [-0.4, -0.2) is 46.0 Å². The highest BCUT2D eigenvalue weighted by Gasteiger charge is 2.15. The van der Waals surface area contributed by atoms with Gasteiger partial charge in [0.15, 0.2) is 5.16 Å². The van der Waals surface area contributed by atoms with E-state index in [4.69, 9.17) is 0 Å². The standard InChI is InChI=1S/C21H22N4O2S/c1-14-11-15(2)23-21(22-14)28-13-20(27)25(3)12-19(26)24-18-10-6-8-16-7-4-5-9-17(16)18/h4-11H,12-13H2,1-3H3,(H,24,26). The highest BCUT2D eigenvalue weighted by Crippen LogP contribution is 2.23. The molecule has 0 saturated carbocycles. The molecule has 3 aromatic rings. The zero-order chi connectivity index (χ0) is 20.1. The van der Waals surface area contributed by atoms with Crippen LogP contribution < -0.4 is 5.32 Å². The molecule has 1 aromatic heterocycles. The number of amides is 2. The fourth-order valence-electron chi connectivity index (χ4n) is 2.82. The topological polar surface area (TPSA) is 75.2 Å². The molecule has 0 spiro atoms. The Balaban J connectivity index is 1.56. The molecule has 0 aliphatic heterocycles. The van der Waals surface area contributed by atoms with Crippen LogP contribution in [0.15, 0.2) is 53.7 Å². The minimum atomic E-state index is -0.236. The van der Waals surface area contributed by atoms with Gasteiger partial charge in [0.2, 0.25) is 11.8 Å². The van der Waals surface area contributed by atoms with E-state index in [0.717, 1.165) is 27.8 Å². The lowest BCUT2D eigenvalue weighted by molar-refractivity contribution is -0.131. The van der Waals surface area contributed by atoms with E-state index in [2.05, 4.69) is 15.3 Å². The van der Waals surface area contributed by atoms with Gasteiger partial charge in [-0.2, -0.15) is 0 Å². The molecule has 0 fully saturated rings. The van der Waals surface area contributed by atoms with E-state index in [-0.39, 0.29) is 24.1 Å². The first-order valence-electron chi connectivity index (χ1n) is 8.89. The van der Waals surface area contributed by atoms with Crippen LogP contribution >= 0.6 is 11.8 Å². The van der Waals surface area contributed by atoms with Gasteiger partial charge in [0.1, 0.15) is 0 Å². The molecule has 7 heteroatoms. The Kier molecular flexibility index (Phi) is 6.26. The van der Waals surface area contributed by atoms with Crippen molar-refractivity contribution in [3.8, 4) is 0 Å². The number of likely N-dealkylation sites (N-methyl/N-ethyl adjacent to an activating group) is 1. The highest BCUT2D eigenvalue weighted by molar-refractivity contribution is 7.99. The number of nitrogens with one attached hydrogen (secondary N) is 1. The third kappa shape index (κ3) is 5.07. The fourth-order valence-corrected chi connectivity index (χ4v) is 3.71. The summed E-state index contributed by atoms with van der Waals surface area (Å²) in [6, 6.07) is 15.5. The molecule has 0 bridgehead atoms. The lowest BCUT2D eigenvalue weighted by Gasteiger charge is -2.17. The number of hydrogen-bond donors (Lipinski definition) is 1. The minimum Gasteiger partial charge on any atom is -0.336 e. The monoisotopic (exact) mass is 394 g/mol. The van der Waals surface area contributed by atoms with E-state index in [0.29, 0.717) is 5.16 Å². The molecule has 0 atom stereocenters. The molecule has 28 heavy (non-hydrogen) atoms. The average molecular weight is 395 g/mol. The summed E-state index contributed by atoms with van der Waals surface area (Å²) in [6.07, 6.45) is 0. The summed E-state index contributed by atoms with van der Waals surface area (Å²) >= 11 is 1.27. The van der Waals surface area contributed by atoms with E-state index in [1.807, 2.05) is 62.4 Å². The number of fused-ring (bicyclic) bond motifs is 1. The van der Waals surface area contributed by atoms with Gasteiger partial charge in [-0.05, 0) is 31.4 Å². The van der Waals surface area contributed by atoms with Gasteiger partial charge in [0.05, 0.1) is 12.3 Å². The molecular formula is C21H22N4O2S. The van der Waals surface area contributed by atoms with E-state index < -0.39 is 0 Å². The first-order valence-corrected chi connectivity index (χ1v) is 9.87. The van der Waals surface area contributed by atoms with Gasteiger partial charge >= 0.3 is 0 Å². The van der Waals surface area contributed by atoms with Crippen molar-refractivity contribution in [3.05, 3.63) is 59.9 Å². The van der Waals surface area contributed by atoms with Crippen LogP contribution in [0.3, 0.4) is 0 Å². The van der Waals surface area contributed by atoms with E-state index >= 15 is 0 Å². The van der Waals surface area contributed by atoms with Crippen LogP contribution in [0.1, 0.15) is 11.4 Å². The minimum absolute atomic E-state index is 0.0175. The summed E-state index contributed by atoms with van der Waals surface area (Å²) in [6.45, 7) is 3.77. The number of aromatic nitrogens is 2. The van der Waals surface area contributed by atoms with Crippen molar-refractivity contribution in [1.82, 2.24) is 14.9 Å². The van der Waals surface area contributed by atoms with Gasteiger partial charge in [-0.3, -0.25) is 9.59 Å². The summed E-state index contributed by atoms with van der Waals surface area (Å²) in [5.74, 6) is -0.207. The summed E-state index contributed by atoms with van der Waals surface area (Å²) < 4.78 is 0.